The van der Waals surface area contributed by atoms with Gasteiger partial charge in [-0.2, -0.15) is 4.31 Å². The summed E-state index contributed by atoms with van der Waals surface area (Å²) >= 11 is 23.2. The fourth-order valence-electron chi connectivity index (χ4n) is 1.31. The molecule has 0 heterocycles. The topological polar surface area (TPSA) is 63.7 Å². The Labute approximate surface area is 157 Å². The van der Waals surface area contributed by atoms with Crippen molar-refractivity contribution >= 4 is 80.0 Å². The van der Waals surface area contributed by atoms with Crippen LogP contribution in [0.2, 0.25) is 0 Å². The number of rotatable bonds is 6. The zero-order chi connectivity index (χ0) is 17.8. The molecule has 23 heavy (non-hydrogen) atoms. The van der Waals surface area contributed by atoms with Gasteiger partial charge in [-0.25, -0.2) is 17.6 Å². The van der Waals surface area contributed by atoms with Gasteiger partial charge in [0.15, 0.2) is 3.67 Å². The van der Waals surface area contributed by atoms with Crippen LogP contribution in [0.1, 0.15) is 0 Å². The number of alkyl halides is 4. The van der Waals surface area contributed by atoms with Crippen molar-refractivity contribution in [1.82, 2.24) is 0 Å². The second-order valence-electron chi connectivity index (χ2n) is 4.01. The van der Waals surface area contributed by atoms with E-state index in [2.05, 4.69) is 0 Å². The molecule has 0 saturated carbocycles. The number of halogens is 5. The number of amides is 1. The van der Waals surface area contributed by atoms with E-state index in [0.29, 0.717) is 11.8 Å². The minimum atomic E-state index is -4.13. The highest BCUT2D eigenvalue weighted by Crippen LogP contribution is 2.42. The van der Waals surface area contributed by atoms with Gasteiger partial charge in [0.05, 0.1) is 11.9 Å². The molecule has 1 aromatic rings. The molecule has 1 rings (SSSR count). The average Bonchev–Trinajstić information content (AvgIpc) is 2.39. The molecule has 0 aliphatic heterocycles. The molecule has 1 amide bonds. The molecule has 0 unspecified atom stereocenters. The Morgan fingerprint density at radius 1 is 1.39 bits per heavy atom. The van der Waals surface area contributed by atoms with E-state index < -0.39 is 42.1 Å². The van der Waals surface area contributed by atoms with Crippen LogP contribution in [0.5, 0.6) is 0 Å². The van der Waals surface area contributed by atoms with Crippen molar-refractivity contribution in [3.05, 3.63) is 30.1 Å². The quantitative estimate of drug-likeness (QED) is 0.481. The van der Waals surface area contributed by atoms with Crippen molar-refractivity contribution < 1.29 is 22.3 Å². The summed E-state index contributed by atoms with van der Waals surface area (Å²) in [7, 11) is -4.13. The normalized spacial score (nSPS) is 12.3. The Morgan fingerprint density at radius 2 is 1.96 bits per heavy atom. The lowest BCUT2D eigenvalue weighted by Gasteiger charge is -2.22. The van der Waals surface area contributed by atoms with Gasteiger partial charge in [-0.3, -0.25) is 0 Å². The highest BCUT2D eigenvalue weighted by atomic mass is 35.5. The van der Waals surface area contributed by atoms with Crippen molar-refractivity contribution in [1.29, 1.82) is 0 Å². The lowest BCUT2D eigenvalue weighted by atomic mass is 10.3. The molecule has 0 N–H and O–H groups in total. The molecule has 12 heteroatoms. The third-order valence-corrected chi connectivity index (χ3v) is 6.57. The van der Waals surface area contributed by atoms with Crippen molar-refractivity contribution in [2.75, 3.05) is 16.5 Å². The van der Waals surface area contributed by atoms with Crippen molar-refractivity contribution in [3.63, 3.8) is 0 Å². The van der Waals surface area contributed by atoms with Gasteiger partial charge in [0.1, 0.15) is 16.6 Å². The molecule has 0 spiro atoms. The van der Waals surface area contributed by atoms with Gasteiger partial charge in [0, 0.05) is 0 Å². The molecule has 0 saturated heterocycles. The van der Waals surface area contributed by atoms with Crippen LogP contribution in [0.3, 0.4) is 0 Å². The van der Waals surface area contributed by atoms with Crippen LogP contribution in [0.15, 0.2) is 24.3 Å². The van der Waals surface area contributed by atoms with Crippen LogP contribution < -0.4 is 4.31 Å². The number of anilines is 1. The Balaban J connectivity index is 2.90. The van der Waals surface area contributed by atoms with Crippen molar-refractivity contribution in [2.24, 2.45) is 0 Å². The van der Waals surface area contributed by atoms with Crippen LogP contribution >= 0.6 is 58.2 Å². The molecule has 130 valence electrons. The van der Waals surface area contributed by atoms with E-state index in [0.717, 1.165) is 18.4 Å². The average molecular weight is 445 g/mol. The first kappa shape index (κ1) is 20.9. The Hall–Kier alpha value is -0.120. The zero-order valence-corrected chi connectivity index (χ0v) is 16.0. The van der Waals surface area contributed by atoms with E-state index in [-0.39, 0.29) is 4.31 Å². The molecule has 0 fully saturated rings. The van der Waals surface area contributed by atoms with Crippen LogP contribution in [0.25, 0.3) is 0 Å². The summed E-state index contributed by atoms with van der Waals surface area (Å²) in [5, 5.41) is 0. The molecule has 1 aromatic carbocycles. The number of ether oxygens (including phenoxy) is 1. The van der Waals surface area contributed by atoms with E-state index in [9.17, 15) is 17.6 Å². The second kappa shape index (κ2) is 8.31. The fraction of sp³-hybridized carbons (Fsp3) is 0.364. The Bertz CT molecular complexity index is 672. The molecule has 5 nitrogen and oxygen atoms in total. The number of carbonyl (C=O) groups is 1. The summed E-state index contributed by atoms with van der Waals surface area (Å²) in [6, 6.07) is 4.83. The number of thioether (sulfide) groups is 1. The van der Waals surface area contributed by atoms with E-state index in [1.165, 1.54) is 12.1 Å². The highest BCUT2D eigenvalue weighted by Gasteiger charge is 2.34. The number of hydrogen-bond donors (Lipinski definition) is 0. The molecule has 0 aliphatic rings. The first-order chi connectivity index (χ1) is 10.5. The number of sulfonamides is 1. The summed E-state index contributed by atoms with van der Waals surface area (Å²) in [5.41, 5.74) is -0.472. The number of para-hydroxylation sites is 1. The molecule has 0 bridgehead atoms. The van der Waals surface area contributed by atoms with Crippen molar-refractivity contribution in [3.8, 4) is 0 Å². The zero-order valence-electron chi connectivity index (χ0n) is 11.4. The molecule has 0 radical (unpaired) electrons. The van der Waals surface area contributed by atoms with Crippen molar-refractivity contribution in [2.45, 2.75) is 8.50 Å². The molecular weight excluding hydrogens is 435 g/mol. The monoisotopic (exact) mass is 443 g/mol. The third-order valence-electron chi connectivity index (χ3n) is 2.26. The lowest BCUT2D eigenvalue weighted by molar-refractivity contribution is 0.177. The minimum absolute atomic E-state index is 0.186. The van der Waals surface area contributed by atoms with Gasteiger partial charge in [0.25, 0.3) is 0 Å². The Kier molecular flexibility index (Phi) is 7.56. The maximum absolute atomic E-state index is 13.8. The standard InChI is InChI=1S/C11H10Cl4FNO4S2/c1-23(19,20)17(8-5-3-2-4-7(8)16)10(18)21-6-22-11(14,15)9(12)13/h2-5,9H,6H2,1H3. The highest BCUT2D eigenvalue weighted by molar-refractivity contribution is 8.03. The second-order valence-corrected chi connectivity index (χ2v) is 9.94. The number of hydrogen-bond acceptors (Lipinski definition) is 5. The number of benzene rings is 1. The molecule has 0 atom stereocenters. The summed E-state index contributed by atoms with van der Waals surface area (Å²) in [6.07, 6.45) is -0.593. The molecule has 0 aromatic heterocycles. The van der Waals surface area contributed by atoms with Crippen LogP contribution in [-0.4, -0.2) is 35.2 Å². The summed E-state index contributed by atoms with van der Waals surface area (Å²) in [6.45, 7) is 0. The predicted octanol–water partition coefficient (Wildman–Crippen LogP) is 4.35. The SMILES string of the molecule is CS(=O)(=O)N(C(=O)OCSC(Cl)(Cl)C(Cl)Cl)c1ccccc1F. The third kappa shape index (κ3) is 6.03. The van der Waals surface area contributed by atoms with Crippen LogP contribution in [0, 0.1) is 5.82 Å². The van der Waals surface area contributed by atoms with Crippen LogP contribution in [-0.2, 0) is 14.8 Å². The lowest BCUT2D eigenvalue weighted by Crippen LogP contribution is -2.37. The minimum Gasteiger partial charge on any atom is -0.437 e. The van der Waals surface area contributed by atoms with Gasteiger partial charge < -0.3 is 4.74 Å². The number of carbonyl (C=O) groups excluding carboxylic acids is 1. The van der Waals surface area contributed by atoms with Gasteiger partial charge in [-0.1, -0.05) is 47.1 Å². The first-order valence-electron chi connectivity index (χ1n) is 5.68. The smallest absolute Gasteiger partial charge is 0.429 e. The first-order valence-corrected chi connectivity index (χ1v) is 10.1. The van der Waals surface area contributed by atoms with Gasteiger partial charge in [0.2, 0.25) is 10.0 Å². The summed E-state index contributed by atoms with van der Waals surface area (Å²) < 4.78 is 40.5. The molecule has 0 aliphatic carbocycles. The maximum atomic E-state index is 13.8. The van der Waals surface area contributed by atoms with Crippen LogP contribution in [0.4, 0.5) is 14.9 Å². The number of nitrogens with zero attached hydrogens (tertiary/aromatic N) is 1. The van der Waals surface area contributed by atoms with E-state index >= 15 is 0 Å². The maximum Gasteiger partial charge on any atom is 0.429 e. The largest absolute Gasteiger partial charge is 0.437 e. The predicted molar refractivity (Wildman–Crippen MR) is 92.6 cm³/mol. The Morgan fingerprint density at radius 3 is 2.43 bits per heavy atom. The summed E-state index contributed by atoms with van der Waals surface area (Å²) in [5.74, 6) is -1.37. The van der Waals surface area contributed by atoms with Gasteiger partial charge in [-0.05, 0) is 12.1 Å². The fourth-order valence-corrected chi connectivity index (χ4v) is 3.23. The molecular formula is C11H10Cl4FNO4S2. The van der Waals surface area contributed by atoms with E-state index in [1.807, 2.05) is 0 Å². The van der Waals surface area contributed by atoms with E-state index in [4.69, 9.17) is 51.1 Å². The van der Waals surface area contributed by atoms with E-state index in [1.54, 1.807) is 0 Å². The summed E-state index contributed by atoms with van der Waals surface area (Å²) in [4.78, 5) is 10.8. The van der Waals surface area contributed by atoms with Gasteiger partial charge in [-0.15, -0.1) is 23.2 Å². The van der Waals surface area contributed by atoms with Gasteiger partial charge >= 0.3 is 6.09 Å².